The first-order valence-corrected chi connectivity index (χ1v) is 7.15. The van der Waals surface area contributed by atoms with E-state index >= 15 is 0 Å². The van der Waals surface area contributed by atoms with Gasteiger partial charge in [-0.15, -0.1) is 0 Å². The largest absolute Gasteiger partial charge is 0.507 e. The van der Waals surface area contributed by atoms with Crippen LogP contribution in [0.4, 0.5) is 5.69 Å². The number of carbonyl (C=O) groups is 1. The summed E-state index contributed by atoms with van der Waals surface area (Å²) in [6, 6.07) is 5.94. The van der Waals surface area contributed by atoms with E-state index in [2.05, 4.69) is 5.32 Å². The Labute approximate surface area is 115 Å². The highest BCUT2D eigenvalue weighted by molar-refractivity contribution is 7.85. The molecular formula is C13H13NO5S. The molecule has 0 radical (unpaired) electrons. The van der Waals surface area contributed by atoms with E-state index in [9.17, 15) is 18.3 Å². The molecule has 0 atom stereocenters. The fourth-order valence-corrected chi connectivity index (χ4v) is 2.76. The zero-order valence-corrected chi connectivity index (χ0v) is 11.7. The van der Waals surface area contributed by atoms with Crippen LogP contribution >= 0.6 is 0 Å². The van der Waals surface area contributed by atoms with Crippen LogP contribution in [0, 0.1) is 6.92 Å². The van der Waals surface area contributed by atoms with Crippen molar-refractivity contribution in [3.8, 4) is 5.75 Å². The van der Waals surface area contributed by atoms with E-state index in [1.807, 2.05) is 0 Å². The highest BCUT2D eigenvalue weighted by atomic mass is 32.2. The Morgan fingerprint density at radius 3 is 2.45 bits per heavy atom. The van der Waals surface area contributed by atoms with Crippen LogP contribution in [0.2, 0.25) is 0 Å². The number of hydrogen-bond acceptors (Lipinski definition) is 4. The molecule has 0 aliphatic carbocycles. The summed E-state index contributed by atoms with van der Waals surface area (Å²) in [5.41, 5.74) is 0.541. The fourth-order valence-electron chi connectivity index (χ4n) is 2.00. The first-order chi connectivity index (χ1) is 9.20. The molecule has 0 heterocycles. The normalized spacial score (nSPS) is 11.6. The van der Waals surface area contributed by atoms with E-state index < -0.39 is 10.1 Å². The minimum absolute atomic E-state index is 0.0555. The number of nitrogens with one attached hydrogen (secondary N) is 1. The van der Waals surface area contributed by atoms with Crippen LogP contribution < -0.4 is 5.32 Å². The highest BCUT2D eigenvalue weighted by Gasteiger charge is 2.18. The van der Waals surface area contributed by atoms with E-state index in [1.165, 1.54) is 26.0 Å². The summed E-state index contributed by atoms with van der Waals surface area (Å²) in [4.78, 5) is 10.7. The van der Waals surface area contributed by atoms with Crippen molar-refractivity contribution in [3.63, 3.8) is 0 Å². The summed E-state index contributed by atoms with van der Waals surface area (Å²) >= 11 is 0. The molecule has 106 valence electrons. The Hall–Kier alpha value is -2.12. The van der Waals surface area contributed by atoms with Crippen molar-refractivity contribution < 1.29 is 22.9 Å². The van der Waals surface area contributed by atoms with Gasteiger partial charge in [0.15, 0.2) is 0 Å². The zero-order valence-electron chi connectivity index (χ0n) is 10.8. The summed E-state index contributed by atoms with van der Waals surface area (Å²) in [6.45, 7) is 2.75. The van der Waals surface area contributed by atoms with E-state index in [4.69, 9.17) is 4.55 Å². The molecule has 0 bridgehead atoms. The standard InChI is InChI=1S/C13H13NO5S/c1-7-12(20(17,18)19)5-9-3-4-10(14-8(2)15)6-11(9)13(7)16/h3-6,16H,1-2H3,(H,14,15)(H,17,18,19). The first kappa shape index (κ1) is 14.3. The van der Waals surface area contributed by atoms with Gasteiger partial charge in [-0.25, -0.2) is 0 Å². The minimum atomic E-state index is -4.41. The molecule has 2 rings (SSSR count). The Morgan fingerprint density at radius 2 is 1.90 bits per heavy atom. The molecule has 1 amide bonds. The van der Waals surface area contributed by atoms with E-state index in [-0.39, 0.29) is 22.1 Å². The summed E-state index contributed by atoms with van der Waals surface area (Å²) in [7, 11) is -4.41. The summed E-state index contributed by atoms with van der Waals surface area (Å²) < 4.78 is 31.6. The molecular weight excluding hydrogens is 282 g/mol. The van der Waals surface area contributed by atoms with Gasteiger partial charge in [-0.1, -0.05) is 6.07 Å². The monoisotopic (exact) mass is 295 g/mol. The maximum Gasteiger partial charge on any atom is 0.294 e. The maximum atomic E-state index is 11.2. The van der Waals surface area contributed by atoms with Crippen LogP contribution in [-0.2, 0) is 14.9 Å². The fraction of sp³-hybridized carbons (Fsp3) is 0.154. The number of carbonyl (C=O) groups excluding carboxylic acids is 1. The van der Waals surface area contributed by atoms with Gasteiger partial charge in [0.2, 0.25) is 5.91 Å². The van der Waals surface area contributed by atoms with Crippen molar-refractivity contribution in [3.05, 3.63) is 29.8 Å². The van der Waals surface area contributed by atoms with Gasteiger partial charge < -0.3 is 10.4 Å². The molecule has 0 spiro atoms. The van der Waals surface area contributed by atoms with Crippen LogP contribution in [0.5, 0.6) is 5.75 Å². The number of hydrogen-bond donors (Lipinski definition) is 3. The van der Waals surface area contributed by atoms with E-state index in [1.54, 1.807) is 12.1 Å². The predicted octanol–water partition coefficient (Wildman–Crippen LogP) is 2.06. The molecule has 0 unspecified atom stereocenters. The average Bonchev–Trinajstić information content (AvgIpc) is 2.32. The third kappa shape index (κ3) is 2.59. The molecule has 7 heteroatoms. The third-order valence-electron chi connectivity index (χ3n) is 2.92. The predicted molar refractivity (Wildman–Crippen MR) is 74.5 cm³/mol. The third-order valence-corrected chi connectivity index (χ3v) is 3.90. The number of phenolic OH excluding ortho intramolecular Hbond substituents is 1. The number of phenols is 1. The number of amides is 1. The van der Waals surface area contributed by atoms with Crippen molar-refractivity contribution in [2.24, 2.45) is 0 Å². The molecule has 0 saturated carbocycles. The summed E-state index contributed by atoms with van der Waals surface area (Å²) in [6.07, 6.45) is 0. The summed E-state index contributed by atoms with van der Waals surface area (Å²) in [5.74, 6) is -0.502. The lowest BCUT2D eigenvalue weighted by Crippen LogP contribution is -2.05. The lowest BCUT2D eigenvalue weighted by molar-refractivity contribution is -0.114. The van der Waals surface area contributed by atoms with Crippen molar-refractivity contribution in [2.75, 3.05) is 5.32 Å². The van der Waals surface area contributed by atoms with Crippen molar-refractivity contribution in [1.82, 2.24) is 0 Å². The van der Waals surface area contributed by atoms with Gasteiger partial charge in [0, 0.05) is 23.6 Å². The zero-order chi connectivity index (χ0) is 15.1. The molecule has 6 nitrogen and oxygen atoms in total. The van der Waals surface area contributed by atoms with Crippen LogP contribution in [0.15, 0.2) is 29.2 Å². The molecule has 2 aromatic rings. The van der Waals surface area contributed by atoms with Gasteiger partial charge in [-0.05, 0) is 30.5 Å². The molecule has 3 N–H and O–H groups in total. The molecule has 0 saturated heterocycles. The van der Waals surface area contributed by atoms with Gasteiger partial charge >= 0.3 is 0 Å². The van der Waals surface area contributed by atoms with Gasteiger partial charge in [0.05, 0.1) is 0 Å². The van der Waals surface area contributed by atoms with E-state index in [0.717, 1.165) is 0 Å². The second kappa shape index (κ2) is 4.77. The molecule has 0 fully saturated rings. The number of fused-ring (bicyclic) bond motifs is 1. The molecule has 2 aromatic carbocycles. The Morgan fingerprint density at radius 1 is 1.25 bits per heavy atom. The van der Waals surface area contributed by atoms with Crippen LogP contribution in [0.3, 0.4) is 0 Å². The average molecular weight is 295 g/mol. The van der Waals surface area contributed by atoms with Crippen molar-refractivity contribution in [1.29, 1.82) is 0 Å². The Bertz CT molecular complexity index is 811. The second-order valence-electron chi connectivity index (χ2n) is 4.44. The Kier molecular flexibility index (Phi) is 3.41. The smallest absolute Gasteiger partial charge is 0.294 e. The second-order valence-corrected chi connectivity index (χ2v) is 5.83. The quantitative estimate of drug-likeness (QED) is 0.736. The molecule has 0 aliphatic rings. The Balaban J connectivity index is 2.74. The SMILES string of the molecule is CC(=O)Nc1ccc2cc(S(=O)(=O)O)c(C)c(O)c2c1. The number of rotatable bonds is 2. The molecule has 20 heavy (non-hydrogen) atoms. The van der Waals surface area contributed by atoms with Crippen LogP contribution in [0.1, 0.15) is 12.5 Å². The number of benzene rings is 2. The highest BCUT2D eigenvalue weighted by Crippen LogP contribution is 2.34. The van der Waals surface area contributed by atoms with Gasteiger partial charge in [0.25, 0.3) is 10.1 Å². The lowest BCUT2D eigenvalue weighted by atomic mass is 10.1. The topological polar surface area (TPSA) is 104 Å². The van der Waals surface area contributed by atoms with Crippen molar-refractivity contribution in [2.45, 2.75) is 18.7 Å². The molecule has 0 aromatic heterocycles. The van der Waals surface area contributed by atoms with Gasteiger partial charge in [-0.2, -0.15) is 8.42 Å². The number of aromatic hydroxyl groups is 1. The first-order valence-electron chi connectivity index (χ1n) is 5.71. The van der Waals surface area contributed by atoms with Crippen LogP contribution in [-0.4, -0.2) is 24.0 Å². The van der Waals surface area contributed by atoms with E-state index in [0.29, 0.717) is 16.5 Å². The lowest BCUT2D eigenvalue weighted by Gasteiger charge is -2.10. The van der Waals surface area contributed by atoms with Gasteiger partial charge in [-0.3, -0.25) is 9.35 Å². The number of anilines is 1. The molecule has 0 aliphatic heterocycles. The van der Waals surface area contributed by atoms with Crippen molar-refractivity contribution >= 4 is 32.5 Å². The van der Waals surface area contributed by atoms with Crippen LogP contribution in [0.25, 0.3) is 10.8 Å². The van der Waals surface area contributed by atoms with Gasteiger partial charge in [0.1, 0.15) is 10.6 Å². The minimum Gasteiger partial charge on any atom is -0.507 e. The summed E-state index contributed by atoms with van der Waals surface area (Å²) in [5, 5.41) is 13.5. The maximum absolute atomic E-state index is 11.2.